The maximum Gasteiger partial charge on any atom is 0.335 e. The molecule has 0 atom stereocenters. The zero-order chi connectivity index (χ0) is 19.4. The smallest absolute Gasteiger partial charge is 0.335 e. The van der Waals surface area contributed by atoms with Crippen LogP contribution in [-0.4, -0.2) is 85.3 Å². The Morgan fingerprint density at radius 2 is 1.67 bits per heavy atom. The molecular formula is C18H25N3O5S. The summed E-state index contributed by atoms with van der Waals surface area (Å²) in [6.45, 7) is 4.01. The Balaban J connectivity index is 1.56. The predicted octanol–water partition coefficient (Wildman–Crippen LogP) is 0.704. The minimum absolute atomic E-state index is 0.0313. The van der Waals surface area contributed by atoms with Gasteiger partial charge in [-0.25, -0.2) is 13.2 Å². The molecule has 8 nitrogen and oxygen atoms in total. The van der Waals surface area contributed by atoms with Gasteiger partial charge < -0.3 is 14.9 Å². The van der Waals surface area contributed by atoms with Crippen LogP contribution >= 0.6 is 0 Å². The maximum absolute atomic E-state index is 12.8. The average Bonchev–Trinajstić information content (AvgIpc) is 3.20. The summed E-state index contributed by atoms with van der Waals surface area (Å²) in [6, 6.07) is 5.35. The summed E-state index contributed by atoms with van der Waals surface area (Å²) in [7, 11) is -3.77. The monoisotopic (exact) mass is 395 g/mol. The summed E-state index contributed by atoms with van der Waals surface area (Å²) in [5.41, 5.74) is -0.0631. The lowest BCUT2D eigenvalue weighted by Gasteiger charge is -2.34. The highest BCUT2D eigenvalue weighted by molar-refractivity contribution is 7.89. The van der Waals surface area contributed by atoms with Crippen LogP contribution in [0, 0.1) is 0 Å². The van der Waals surface area contributed by atoms with Crippen molar-refractivity contribution < 1.29 is 23.1 Å². The molecule has 148 valence electrons. The van der Waals surface area contributed by atoms with Crippen LogP contribution in [0.5, 0.6) is 0 Å². The van der Waals surface area contributed by atoms with E-state index in [1.807, 2.05) is 0 Å². The molecule has 0 aliphatic carbocycles. The molecule has 0 spiro atoms. The SMILES string of the molecule is O=C(O)c1cccc(S(=O)(=O)N2CCN(C(=O)CCN3CCCC3)CC2)c1. The number of aromatic carboxylic acids is 1. The molecule has 2 fully saturated rings. The number of nitrogens with zero attached hydrogens (tertiary/aromatic N) is 3. The van der Waals surface area contributed by atoms with Crippen LogP contribution in [0.25, 0.3) is 0 Å². The molecule has 1 N–H and O–H groups in total. The second kappa shape index (κ2) is 8.37. The van der Waals surface area contributed by atoms with Gasteiger partial charge in [0, 0.05) is 39.1 Å². The summed E-state index contributed by atoms with van der Waals surface area (Å²) < 4.78 is 26.8. The highest BCUT2D eigenvalue weighted by Gasteiger charge is 2.30. The van der Waals surface area contributed by atoms with Gasteiger partial charge in [0.1, 0.15) is 0 Å². The molecule has 2 saturated heterocycles. The number of carbonyl (C=O) groups excluding carboxylic acids is 1. The zero-order valence-electron chi connectivity index (χ0n) is 15.2. The van der Waals surface area contributed by atoms with E-state index in [0.717, 1.165) is 19.6 Å². The number of hydrogen-bond acceptors (Lipinski definition) is 5. The van der Waals surface area contributed by atoms with Crippen LogP contribution in [0.3, 0.4) is 0 Å². The van der Waals surface area contributed by atoms with Crippen molar-refractivity contribution in [3.05, 3.63) is 29.8 Å². The number of carboxylic acids is 1. The molecule has 0 bridgehead atoms. The van der Waals surface area contributed by atoms with Crippen LogP contribution in [0.15, 0.2) is 29.2 Å². The number of rotatable bonds is 6. The van der Waals surface area contributed by atoms with Gasteiger partial charge in [0.15, 0.2) is 0 Å². The summed E-state index contributed by atoms with van der Waals surface area (Å²) >= 11 is 0. The quantitative estimate of drug-likeness (QED) is 0.762. The molecule has 0 radical (unpaired) electrons. The van der Waals surface area contributed by atoms with Crippen molar-refractivity contribution in [2.45, 2.75) is 24.2 Å². The van der Waals surface area contributed by atoms with Crippen LogP contribution < -0.4 is 0 Å². The molecule has 1 amide bonds. The lowest BCUT2D eigenvalue weighted by atomic mass is 10.2. The minimum atomic E-state index is -3.77. The van der Waals surface area contributed by atoms with Gasteiger partial charge in [-0.2, -0.15) is 4.31 Å². The van der Waals surface area contributed by atoms with Crippen molar-refractivity contribution in [3.63, 3.8) is 0 Å². The van der Waals surface area contributed by atoms with E-state index < -0.39 is 16.0 Å². The van der Waals surface area contributed by atoms with Crippen molar-refractivity contribution in [2.24, 2.45) is 0 Å². The standard InChI is InChI=1S/C18H25N3O5S/c22-17(6-9-19-7-1-2-8-19)20-10-12-21(13-11-20)27(25,26)16-5-3-4-15(14-16)18(23)24/h3-5,14H,1-2,6-13H2,(H,23,24). The van der Waals surface area contributed by atoms with Crippen molar-refractivity contribution in [3.8, 4) is 0 Å². The number of sulfonamides is 1. The third kappa shape index (κ3) is 4.66. The van der Waals surface area contributed by atoms with Gasteiger partial charge in [-0.1, -0.05) is 6.07 Å². The van der Waals surface area contributed by atoms with E-state index >= 15 is 0 Å². The fourth-order valence-electron chi connectivity index (χ4n) is 3.53. The Bertz CT molecular complexity index is 797. The maximum atomic E-state index is 12.8. The molecule has 0 aromatic heterocycles. The van der Waals surface area contributed by atoms with Gasteiger partial charge >= 0.3 is 5.97 Å². The van der Waals surface area contributed by atoms with Crippen LogP contribution in [0.4, 0.5) is 0 Å². The van der Waals surface area contributed by atoms with Crippen molar-refractivity contribution in [2.75, 3.05) is 45.8 Å². The van der Waals surface area contributed by atoms with Gasteiger partial charge in [-0.3, -0.25) is 4.79 Å². The number of carboxylic acid groups (broad SMARTS) is 1. The third-order valence-corrected chi connectivity index (χ3v) is 7.05. The minimum Gasteiger partial charge on any atom is -0.478 e. The topological polar surface area (TPSA) is 98.2 Å². The Labute approximate surface area is 159 Å². The molecule has 0 saturated carbocycles. The predicted molar refractivity (Wildman–Crippen MR) is 99.0 cm³/mol. The number of hydrogen-bond donors (Lipinski definition) is 1. The van der Waals surface area contributed by atoms with Gasteiger partial charge in [0.25, 0.3) is 0 Å². The molecule has 2 heterocycles. The van der Waals surface area contributed by atoms with Crippen LogP contribution in [0.2, 0.25) is 0 Å². The normalized spacial score (nSPS) is 19.3. The van der Waals surface area contributed by atoms with E-state index in [9.17, 15) is 18.0 Å². The molecule has 3 rings (SSSR count). The first-order chi connectivity index (χ1) is 12.9. The molecule has 27 heavy (non-hydrogen) atoms. The molecule has 2 aliphatic heterocycles. The molecule has 1 aromatic carbocycles. The molecule has 2 aliphatic rings. The van der Waals surface area contributed by atoms with E-state index in [-0.39, 0.29) is 29.5 Å². The van der Waals surface area contributed by atoms with Crippen LogP contribution in [-0.2, 0) is 14.8 Å². The van der Waals surface area contributed by atoms with Gasteiger partial charge in [-0.15, -0.1) is 0 Å². The van der Waals surface area contributed by atoms with E-state index in [2.05, 4.69) is 4.90 Å². The Hall–Kier alpha value is -1.97. The highest BCUT2D eigenvalue weighted by Crippen LogP contribution is 2.19. The van der Waals surface area contributed by atoms with Gasteiger partial charge in [0.05, 0.1) is 10.5 Å². The highest BCUT2D eigenvalue weighted by atomic mass is 32.2. The zero-order valence-corrected chi connectivity index (χ0v) is 16.0. The first kappa shape index (κ1) is 19.8. The number of likely N-dealkylation sites (tertiary alicyclic amines) is 1. The summed E-state index contributed by atoms with van der Waals surface area (Å²) in [5.74, 6) is -1.10. The molecule has 0 unspecified atom stereocenters. The number of benzene rings is 1. The van der Waals surface area contributed by atoms with Crippen molar-refractivity contribution in [1.29, 1.82) is 0 Å². The number of piperazine rings is 1. The Morgan fingerprint density at radius 1 is 1.00 bits per heavy atom. The average molecular weight is 395 g/mol. The van der Waals surface area contributed by atoms with Crippen molar-refractivity contribution in [1.82, 2.24) is 14.1 Å². The fourth-order valence-corrected chi connectivity index (χ4v) is 5.00. The Kier molecular flexibility index (Phi) is 6.13. The largest absolute Gasteiger partial charge is 0.478 e. The second-order valence-electron chi connectivity index (χ2n) is 6.92. The lowest BCUT2D eigenvalue weighted by molar-refractivity contribution is -0.132. The first-order valence-corrected chi connectivity index (χ1v) is 10.7. The van der Waals surface area contributed by atoms with Crippen molar-refractivity contribution >= 4 is 21.9 Å². The fraction of sp³-hybridized carbons (Fsp3) is 0.556. The Morgan fingerprint density at radius 3 is 2.30 bits per heavy atom. The first-order valence-electron chi connectivity index (χ1n) is 9.21. The van der Waals surface area contributed by atoms with E-state index in [0.29, 0.717) is 19.5 Å². The summed E-state index contributed by atoms with van der Waals surface area (Å²) in [4.78, 5) is 27.4. The number of amides is 1. The second-order valence-corrected chi connectivity index (χ2v) is 8.85. The van der Waals surface area contributed by atoms with Gasteiger partial charge in [-0.05, 0) is 44.1 Å². The summed E-state index contributed by atoms with van der Waals surface area (Å²) in [5, 5.41) is 9.05. The van der Waals surface area contributed by atoms with E-state index in [1.54, 1.807) is 4.90 Å². The molecular weight excluding hydrogens is 370 g/mol. The number of carbonyl (C=O) groups is 2. The van der Waals surface area contributed by atoms with Gasteiger partial charge in [0.2, 0.25) is 15.9 Å². The molecule has 9 heteroatoms. The molecule has 1 aromatic rings. The third-order valence-electron chi connectivity index (χ3n) is 5.15. The van der Waals surface area contributed by atoms with E-state index in [1.165, 1.54) is 41.4 Å². The van der Waals surface area contributed by atoms with Crippen LogP contribution in [0.1, 0.15) is 29.6 Å². The lowest BCUT2D eigenvalue weighted by Crippen LogP contribution is -2.50. The van der Waals surface area contributed by atoms with E-state index in [4.69, 9.17) is 5.11 Å². The summed E-state index contributed by atoms with van der Waals surface area (Å²) in [6.07, 6.45) is 2.84.